The van der Waals surface area contributed by atoms with Crippen LogP contribution in [0.5, 0.6) is 0 Å². The number of aromatic nitrogens is 1. The van der Waals surface area contributed by atoms with Crippen molar-refractivity contribution in [2.24, 2.45) is 0 Å². The number of benzene rings is 1. The van der Waals surface area contributed by atoms with Crippen LogP contribution in [0, 0.1) is 0 Å². The SMILES string of the molecule is CC1CCCCN1C1CN(C(=O)NCc2cc(-c3ccc(Cl)cc3)no2)C1. The highest BCUT2D eigenvalue weighted by molar-refractivity contribution is 6.30. The molecule has 4 rings (SSSR count). The molecule has 144 valence electrons. The molecule has 3 heterocycles. The summed E-state index contributed by atoms with van der Waals surface area (Å²) in [4.78, 5) is 16.8. The molecule has 0 bridgehead atoms. The van der Waals surface area contributed by atoms with E-state index in [2.05, 4.69) is 22.3 Å². The van der Waals surface area contributed by atoms with E-state index in [1.54, 1.807) is 0 Å². The van der Waals surface area contributed by atoms with Gasteiger partial charge in [0, 0.05) is 41.8 Å². The lowest BCUT2D eigenvalue weighted by molar-refractivity contribution is 0.0168. The Hall–Kier alpha value is -2.05. The molecule has 2 saturated heterocycles. The molecule has 0 aliphatic carbocycles. The van der Waals surface area contributed by atoms with Crippen LogP contribution in [0.25, 0.3) is 11.3 Å². The van der Waals surface area contributed by atoms with Gasteiger partial charge < -0.3 is 14.7 Å². The summed E-state index contributed by atoms with van der Waals surface area (Å²) in [6.07, 6.45) is 3.86. The second kappa shape index (κ2) is 7.90. The fourth-order valence-electron chi connectivity index (χ4n) is 3.92. The minimum atomic E-state index is -0.0413. The van der Waals surface area contributed by atoms with Crippen molar-refractivity contribution in [3.8, 4) is 11.3 Å². The van der Waals surface area contributed by atoms with Crippen LogP contribution in [0.3, 0.4) is 0 Å². The summed E-state index contributed by atoms with van der Waals surface area (Å²) < 4.78 is 5.34. The van der Waals surface area contributed by atoms with Gasteiger partial charge >= 0.3 is 6.03 Å². The number of amides is 2. The fourth-order valence-corrected chi connectivity index (χ4v) is 4.05. The molecule has 2 aliphatic heterocycles. The standard InChI is InChI=1S/C20H25ClN4O2/c1-14-4-2-3-9-25(14)17-12-24(13-17)20(26)22-11-18-10-19(23-27-18)15-5-7-16(21)8-6-15/h5-8,10,14,17H,2-4,9,11-13H2,1H3,(H,22,26). The van der Waals surface area contributed by atoms with Crippen molar-refractivity contribution in [2.75, 3.05) is 19.6 Å². The summed E-state index contributed by atoms with van der Waals surface area (Å²) in [5, 5.41) is 7.67. The molecule has 1 aromatic carbocycles. The van der Waals surface area contributed by atoms with E-state index in [9.17, 15) is 4.79 Å². The lowest BCUT2D eigenvalue weighted by Gasteiger charge is -2.49. The molecule has 6 nitrogen and oxygen atoms in total. The summed E-state index contributed by atoms with van der Waals surface area (Å²) in [7, 11) is 0. The molecule has 1 unspecified atom stereocenters. The highest BCUT2D eigenvalue weighted by Crippen LogP contribution is 2.25. The Kier molecular flexibility index (Phi) is 5.36. The minimum Gasteiger partial charge on any atom is -0.359 e. The molecule has 7 heteroatoms. The molecule has 0 spiro atoms. The fraction of sp³-hybridized carbons (Fsp3) is 0.500. The molecule has 1 N–H and O–H groups in total. The number of nitrogens with one attached hydrogen (secondary N) is 1. The van der Waals surface area contributed by atoms with E-state index in [1.165, 1.54) is 19.3 Å². The summed E-state index contributed by atoms with van der Waals surface area (Å²) in [5.74, 6) is 0.634. The zero-order valence-electron chi connectivity index (χ0n) is 15.5. The zero-order valence-corrected chi connectivity index (χ0v) is 16.3. The van der Waals surface area contributed by atoms with Crippen molar-refractivity contribution in [3.05, 3.63) is 41.1 Å². The van der Waals surface area contributed by atoms with Crippen molar-refractivity contribution in [1.29, 1.82) is 0 Å². The Morgan fingerprint density at radius 1 is 1.30 bits per heavy atom. The van der Waals surface area contributed by atoms with Gasteiger partial charge in [-0.3, -0.25) is 4.90 Å². The maximum atomic E-state index is 12.3. The Morgan fingerprint density at radius 2 is 2.07 bits per heavy atom. The van der Waals surface area contributed by atoms with E-state index in [0.717, 1.165) is 30.9 Å². The third-order valence-electron chi connectivity index (χ3n) is 5.59. The second-order valence-corrected chi connectivity index (χ2v) is 7.92. The Morgan fingerprint density at radius 3 is 2.81 bits per heavy atom. The topological polar surface area (TPSA) is 61.6 Å². The molecule has 2 amide bonds. The molecule has 2 aromatic rings. The summed E-state index contributed by atoms with van der Waals surface area (Å²) in [6, 6.07) is 10.4. The Labute approximate surface area is 164 Å². The maximum Gasteiger partial charge on any atom is 0.317 e. The van der Waals surface area contributed by atoms with E-state index in [0.29, 0.717) is 29.4 Å². The number of urea groups is 1. The number of halogens is 1. The molecule has 27 heavy (non-hydrogen) atoms. The van der Waals surface area contributed by atoms with Gasteiger partial charge in [0.2, 0.25) is 0 Å². The van der Waals surface area contributed by atoms with Gasteiger partial charge in [0.25, 0.3) is 0 Å². The van der Waals surface area contributed by atoms with Crippen molar-refractivity contribution in [1.82, 2.24) is 20.3 Å². The van der Waals surface area contributed by atoms with Crippen LogP contribution < -0.4 is 5.32 Å². The maximum absolute atomic E-state index is 12.3. The van der Waals surface area contributed by atoms with Crippen LogP contribution in [-0.2, 0) is 6.54 Å². The first-order valence-corrected chi connectivity index (χ1v) is 9.98. The van der Waals surface area contributed by atoms with Gasteiger partial charge in [0.05, 0.1) is 6.54 Å². The summed E-state index contributed by atoms with van der Waals surface area (Å²) in [6.45, 7) is 5.41. The molecular formula is C20H25ClN4O2. The number of hydrogen-bond donors (Lipinski definition) is 1. The van der Waals surface area contributed by atoms with Gasteiger partial charge in [0.15, 0.2) is 5.76 Å². The lowest BCUT2D eigenvalue weighted by atomic mass is 9.98. The van der Waals surface area contributed by atoms with Crippen LogP contribution in [0.4, 0.5) is 4.79 Å². The van der Waals surface area contributed by atoms with Crippen molar-refractivity contribution in [3.63, 3.8) is 0 Å². The van der Waals surface area contributed by atoms with Crippen LogP contribution in [0.15, 0.2) is 34.9 Å². The Bertz CT molecular complexity index is 786. The van der Waals surface area contributed by atoms with Gasteiger partial charge in [-0.1, -0.05) is 35.3 Å². The predicted molar refractivity (Wildman–Crippen MR) is 105 cm³/mol. The van der Waals surface area contributed by atoms with E-state index in [1.807, 2.05) is 35.2 Å². The first-order chi connectivity index (χ1) is 13.1. The van der Waals surface area contributed by atoms with E-state index < -0.39 is 0 Å². The van der Waals surface area contributed by atoms with Gasteiger partial charge in [0.1, 0.15) is 5.69 Å². The van der Waals surface area contributed by atoms with E-state index >= 15 is 0 Å². The number of piperidine rings is 1. The highest BCUT2D eigenvalue weighted by atomic mass is 35.5. The van der Waals surface area contributed by atoms with Crippen LogP contribution >= 0.6 is 11.6 Å². The molecule has 0 radical (unpaired) electrons. The van der Waals surface area contributed by atoms with Crippen LogP contribution in [-0.4, -0.2) is 52.7 Å². The van der Waals surface area contributed by atoms with Crippen LogP contribution in [0.1, 0.15) is 31.9 Å². The molecule has 2 aliphatic rings. The monoisotopic (exact) mass is 388 g/mol. The van der Waals surface area contributed by atoms with Crippen molar-refractivity contribution in [2.45, 2.75) is 44.8 Å². The first-order valence-electron chi connectivity index (χ1n) is 9.60. The number of carbonyl (C=O) groups excluding carboxylic acids is 1. The Balaban J connectivity index is 1.25. The highest BCUT2D eigenvalue weighted by Gasteiger charge is 2.37. The average Bonchev–Trinajstić information content (AvgIpc) is 3.10. The number of nitrogens with zero attached hydrogens (tertiary/aromatic N) is 3. The summed E-state index contributed by atoms with van der Waals surface area (Å²) in [5.41, 5.74) is 1.67. The zero-order chi connectivity index (χ0) is 18.8. The smallest absolute Gasteiger partial charge is 0.317 e. The molecule has 0 saturated carbocycles. The van der Waals surface area contributed by atoms with Crippen LogP contribution in [0.2, 0.25) is 5.02 Å². The number of hydrogen-bond acceptors (Lipinski definition) is 4. The quantitative estimate of drug-likeness (QED) is 0.866. The van der Waals surface area contributed by atoms with Gasteiger partial charge in [-0.2, -0.15) is 0 Å². The van der Waals surface area contributed by atoms with Gasteiger partial charge in [-0.15, -0.1) is 0 Å². The molecule has 2 fully saturated rings. The molecule has 1 atom stereocenters. The third kappa shape index (κ3) is 4.12. The first kappa shape index (κ1) is 18.3. The van der Waals surface area contributed by atoms with Gasteiger partial charge in [-0.25, -0.2) is 4.79 Å². The average molecular weight is 389 g/mol. The van der Waals surface area contributed by atoms with E-state index in [4.69, 9.17) is 16.1 Å². The summed E-state index contributed by atoms with van der Waals surface area (Å²) >= 11 is 5.91. The van der Waals surface area contributed by atoms with Gasteiger partial charge in [-0.05, 0) is 38.4 Å². The van der Waals surface area contributed by atoms with Crippen molar-refractivity contribution < 1.29 is 9.32 Å². The number of likely N-dealkylation sites (tertiary alicyclic amines) is 2. The minimum absolute atomic E-state index is 0.0413. The predicted octanol–water partition coefficient (Wildman–Crippen LogP) is 3.76. The van der Waals surface area contributed by atoms with Crippen molar-refractivity contribution >= 4 is 17.6 Å². The third-order valence-corrected chi connectivity index (χ3v) is 5.84. The number of carbonyl (C=O) groups is 1. The number of rotatable bonds is 4. The van der Waals surface area contributed by atoms with E-state index in [-0.39, 0.29) is 6.03 Å². The lowest BCUT2D eigenvalue weighted by Crippen LogP contribution is -2.64. The molecule has 1 aromatic heterocycles. The second-order valence-electron chi connectivity index (χ2n) is 7.49. The molecular weight excluding hydrogens is 364 g/mol. The normalized spacial score (nSPS) is 21.1. The largest absolute Gasteiger partial charge is 0.359 e.